The maximum absolute atomic E-state index is 12.8. The fourth-order valence-corrected chi connectivity index (χ4v) is 3.24. The number of carbonyl (C=O) groups excluding carboxylic acids is 1. The third kappa shape index (κ3) is 4.48. The molecule has 0 aliphatic rings. The largest absolute Gasteiger partial charge is 0.471 e. The maximum Gasteiger partial charge on any atom is 0.471 e. The van der Waals surface area contributed by atoms with Crippen LogP contribution in [0.1, 0.15) is 5.69 Å². The molecule has 0 spiro atoms. The van der Waals surface area contributed by atoms with Crippen LogP contribution in [0.2, 0.25) is 0 Å². The average molecular weight is 451 g/mol. The Balaban J connectivity index is 1.67. The van der Waals surface area contributed by atoms with Crippen molar-refractivity contribution in [1.29, 1.82) is 0 Å². The van der Waals surface area contributed by atoms with E-state index in [0.717, 1.165) is 7.05 Å². The van der Waals surface area contributed by atoms with Gasteiger partial charge >= 0.3 is 12.1 Å². The van der Waals surface area contributed by atoms with E-state index in [-0.39, 0.29) is 23.6 Å². The van der Waals surface area contributed by atoms with Crippen molar-refractivity contribution in [3.05, 3.63) is 84.0 Å². The summed E-state index contributed by atoms with van der Waals surface area (Å²) >= 11 is 0. The lowest BCUT2D eigenvalue weighted by Crippen LogP contribution is -2.38. The molecule has 0 N–H and O–H groups in total. The first kappa shape index (κ1) is 21.8. The summed E-state index contributed by atoms with van der Waals surface area (Å²) in [5, 5.41) is 4.42. The Kier molecular flexibility index (Phi) is 5.70. The monoisotopic (exact) mass is 451 g/mol. The molecule has 2 aromatic heterocycles. The van der Waals surface area contributed by atoms with E-state index in [1.807, 2.05) is 30.3 Å². The Morgan fingerprint density at radius 1 is 1.09 bits per heavy atom. The summed E-state index contributed by atoms with van der Waals surface area (Å²) in [6.07, 6.45) is -3.62. The van der Waals surface area contributed by atoms with E-state index in [4.69, 9.17) is 11.3 Å². The molecule has 33 heavy (non-hydrogen) atoms. The molecular weight excluding hydrogens is 435 g/mol. The van der Waals surface area contributed by atoms with Crippen LogP contribution in [0.3, 0.4) is 0 Å². The van der Waals surface area contributed by atoms with Gasteiger partial charge in [0, 0.05) is 13.2 Å². The second kappa shape index (κ2) is 8.63. The molecule has 0 fully saturated rings. The van der Waals surface area contributed by atoms with Crippen molar-refractivity contribution in [2.75, 3.05) is 7.05 Å². The smallest absolute Gasteiger partial charge is 0.457 e. The number of halogens is 3. The van der Waals surface area contributed by atoms with Crippen LogP contribution in [-0.4, -0.2) is 38.6 Å². The highest BCUT2D eigenvalue weighted by atomic mass is 19.4. The van der Waals surface area contributed by atoms with Crippen molar-refractivity contribution in [3.8, 4) is 22.8 Å². The van der Waals surface area contributed by atoms with Crippen molar-refractivity contribution in [1.82, 2.24) is 19.5 Å². The van der Waals surface area contributed by atoms with E-state index in [1.165, 1.54) is 16.8 Å². The Labute approximate surface area is 186 Å². The van der Waals surface area contributed by atoms with Crippen LogP contribution < -0.4 is 4.74 Å². The summed E-state index contributed by atoms with van der Waals surface area (Å²) in [5.41, 5.74) is 1.55. The number of carbonyl (C=O) groups is 1. The number of nitrogens with zero attached hydrogens (tertiary/aromatic N) is 5. The zero-order chi connectivity index (χ0) is 23.6. The van der Waals surface area contributed by atoms with Gasteiger partial charge < -0.3 is 9.64 Å². The first-order chi connectivity index (χ1) is 15.8. The molecule has 4 aromatic rings. The molecule has 0 aliphatic carbocycles. The predicted octanol–water partition coefficient (Wildman–Crippen LogP) is 5.26. The molecule has 10 heteroatoms. The number of aromatic nitrogens is 3. The van der Waals surface area contributed by atoms with Crippen LogP contribution in [-0.2, 0) is 11.3 Å². The molecule has 0 atom stereocenters. The van der Waals surface area contributed by atoms with Crippen LogP contribution in [0.5, 0.6) is 11.5 Å². The fraction of sp³-hybridized carbons (Fsp3) is 0.130. The van der Waals surface area contributed by atoms with Gasteiger partial charge in [0.15, 0.2) is 5.65 Å². The number of alkyl halides is 3. The molecule has 4 rings (SSSR count). The van der Waals surface area contributed by atoms with Gasteiger partial charge in [0.1, 0.15) is 17.2 Å². The molecule has 2 aromatic carbocycles. The zero-order valence-corrected chi connectivity index (χ0v) is 17.2. The van der Waals surface area contributed by atoms with Gasteiger partial charge in [-0.1, -0.05) is 30.3 Å². The third-order valence-electron chi connectivity index (χ3n) is 4.78. The Hall–Kier alpha value is -4.39. The van der Waals surface area contributed by atoms with E-state index in [2.05, 4.69) is 14.9 Å². The van der Waals surface area contributed by atoms with Gasteiger partial charge in [-0.15, -0.1) is 0 Å². The summed E-state index contributed by atoms with van der Waals surface area (Å²) in [7, 11) is 1.05. The highest BCUT2D eigenvalue weighted by molar-refractivity contribution is 5.86. The van der Waals surface area contributed by atoms with Gasteiger partial charge in [-0.2, -0.15) is 18.3 Å². The van der Waals surface area contributed by atoms with Crippen LogP contribution in [0.15, 0.2) is 66.9 Å². The number of hydrogen-bond acceptors (Lipinski definition) is 4. The van der Waals surface area contributed by atoms with Crippen molar-refractivity contribution in [2.24, 2.45) is 0 Å². The minimum Gasteiger partial charge on any atom is -0.457 e. The standard InChI is InChI=1S/C23H16F3N5O2/c1-27-20-19(15-8-10-18(11-9-15)33-17-6-4-3-5-7-17)29-31-16(12-13-28-21(20)31)14-30(2)22(32)23(24,25)26/h3-13H,14H2,2H3. The lowest BCUT2D eigenvalue weighted by atomic mass is 10.1. The van der Waals surface area contributed by atoms with Crippen LogP contribution in [0, 0.1) is 6.57 Å². The minimum absolute atomic E-state index is 0.151. The highest BCUT2D eigenvalue weighted by Gasteiger charge is 2.41. The van der Waals surface area contributed by atoms with E-state index in [0.29, 0.717) is 27.7 Å². The summed E-state index contributed by atoms with van der Waals surface area (Å²) in [5.74, 6) is -0.713. The molecule has 1 amide bonds. The van der Waals surface area contributed by atoms with E-state index in [1.54, 1.807) is 24.3 Å². The molecule has 7 nitrogen and oxygen atoms in total. The van der Waals surface area contributed by atoms with Gasteiger partial charge in [-0.25, -0.2) is 14.3 Å². The van der Waals surface area contributed by atoms with Crippen molar-refractivity contribution in [3.63, 3.8) is 0 Å². The average Bonchev–Trinajstić information content (AvgIpc) is 3.19. The number of rotatable bonds is 5. The van der Waals surface area contributed by atoms with E-state index >= 15 is 0 Å². The normalized spacial score (nSPS) is 11.2. The first-order valence-electron chi connectivity index (χ1n) is 9.67. The molecule has 0 unspecified atom stereocenters. The SMILES string of the molecule is [C-]#[N+]c1c(-c2ccc(Oc3ccccc3)cc2)nn2c(CN(C)C(=O)C(F)(F)F)ccnc12. The van der Waals surface area contributed by atoms with E-state index < -0.39 is 12.1 Å². The lowest BCUT2D eigenvalue weighted by Gasteiger charge is -2.18. The quantitative estimate of drug-likeness (QED) is 0.389. The maximum atomic E-state index is 12.8. The summed E-state index contributed by atoms with van der Waals surface area (Å²) in [4.78, 5) is 19.8. The summed E-state index contributed by atoms with van der Waals surface area (Å²) < 4.78 is 45.3. The van der Waals surface area contributed by atoms with Crippen LogP contribution in [0.4, 0.5) is 18.9 Å². The number of fused-ring (bicyclic) bond motifs is 1. The van der Waals surface area contributed by atoms with Gasteiger partial charge in [0.2, 0.25) is 0 Å². The molecule has 0 aliphatic heterocycles. The number of ether oxygens (including phenoxy) is 1. The van der Waals surface area contributed by atoms with Crippen LogP contribution in [0.25, 0.3) is 21.7 Å². The second-order valence-electron chi connectivity index (χ2n) is 7.08. The number of para-hydroxylation sites is 1. The van der Waals surface area contributed by atoms with Gasteiger partial charge in [0.05, 0.1) is 18.8 Å². The zero-order valence-electron chi connectivity index (χ0n) is 17.2. The fourth-order valence-electron chi connectivity index (χ4n) is 3.24. The number of benzene rings is 2. The first-order valence-corrected chi connectivity index (χ1v) is 9.67. The number of amides is 1. The highest BCUT2D eigenvalue weighted by Crippen LogP contribution is 2.34. The van der Waals surface area contributed by atoms with Crippen molar-refractivity contribution >= 4 is 17.2 Å². The Morgan fingerprint density at radius 2 is 1.76 bits per heavy atom. The molecule has 0 radical (unpaired) electrons. The molecule has 0 bridgehead atoms. The Bertz CT molecular complexity index is 1340. The molecular formula is C23H16F3N5O2. The number of hydrogen-bond donors (Lipinski definition) is 0. The van der Waals surface area contributed by atoms with Gasteiger partial charge in [0.25, 0.3) is 5.69 Å². The predicted molar refractivity (Wildman–Crippen MR) is 114 cm³/mol. The topological polar surface area (TPSA) is 64.1 Å². The lowest BCUT2D eigenvalue weighted by molar-refractivity contribution is -0.184. The summed E-state index contributed by atoms with van der Waals surface area (Å²) in [6, 6.07) is 17.6. The van der Waals surface area contributed by atoms with Crippen LogP contribution >= 0.6 is 0 Å². The molecule has 0 saturated carbocycles. The van der Waals surface area contributed by atoms with Crippen molar-refractivity contribution < 1.29 is 22.7 Å². The molecule has 0 saturated heterocycles. The minimum atomic E-state index is -4.98. The van der Waals surface area contributed by atoms with Gasteiger partial charge in [-0.05, 0) is 35.9 Å². The van der Waals surface area contributed by atoms with Crippen molar-refractivity contribution in [2.45, 2.75) is 12.7 Å². The van der Waals surface area contributed by atoms with Gasteiger partial charge in [-0.3, -0.25) is 4.79 Å². The molecule has 2 heterocycles. The summed E-state index contributed by atoms with van der Waals surface area (Å²) in [6.45, 7) is 7.22. The van der Waals surface area contributed by atoms with E-state index in [9.17, 15) is 18.0 Å². The Morgan fingerprint density at radius 3 is 2.39 bits per heavy atom. The molecule has 166 valence electrons. The second-order valence-corrected chi connectivity index (χ2v) is 7.08. The third-order valence-corrected chi connectivity index (χ3v) is 4.78.